The first-order valence-corrected chi connectivity index (χ1v) is 9.00. The minimum absolute atomic E-state index is 0.373. The van der Waals surface area contributed by atoms with Gasteiger partial charge in [-0.05, 0) is 36.1 Å². The molecule has 5 unspecified atom stereocenters. The van der Waals surface area contributed by atoms with Gasteiger partial charge in [-0.2, -0.15) is 0 Å². The van der Waals surface area contributed by atoms with Gasteiger partial charge in [-0.1, -0.05) is 53.6 Å². The highest BCUT2D eigenvalue weighted by Gasteiger charge is 2.42. The third-order valence-electron chi connectivity index (χ3n) is 4.89. The van der Waals surface area contributed by atoms with Crippen LogP contribution in [0.4, 0.5) is 0 Å². The van der Waals surface area contributed by atoms with Crippen LogP contribution < -0.4 is 5.73 Å². The minimum atomic E-state index is -1.12. The second-order valence-corrected chi connectivity index (χ2v) is 7.26. The Labute approximate surface area is 158 Å². The third-order valence-corrected chi connectivity index (χ3v) is 5.26. The van der Waals surface area contributed by atoms with Crippen molar-refractivity contribution < 1.29 is 20.1 Å². The SMILES string of the molecule is Cc1ccc(Cc2cc(C3OC(CO)C(O)C(N)C3O)ccc2Cl)cc1. The predicted molar refractivity (Wildman–Crippen MR) is 100 cm³/mol. The number of benzene rings is 2. The van der Waals surface area contributed by atoms with Gasteiger partial charge in [0.25, 0.3) is 0 Å². The molecule has 5 N–H and O–H groups in total. The second kappa shape index (κ2) is 8.05. The van der Waals surface area contributed by atoms with Gasteiger partial charge in [-0.15, -0.1) is 0 Å². The zero-order chi connectivity index (χ0) is 18.8. The van der Waals surface area contributed by atoms with Gasteiger partial charge in [0, 0.05) is 5.02 Å². The molecule has 0 saturated carbocycles. The highest BCUT2D eigenvalue weighted by Crippen LogP contribution is 2.33. The molecule has 5 atom stereocenters. The van der Waals surface area contributed by atoms with E-state index >= 15 is 0 Å². The molecular formula is C20H24ClNO4. The molecule has 140 valence electrons. The highest BCUT2D eigenvalue weighted by atomic mass is 35.5. The molecule has 0 spiro atoms. The van der Waals surface area contributed by atoms with Crippen molar-refractivity contribution in [3.05, 3.63) is 69.7 Å². The molecule has 6 heteroatoms. The highest BCUT2D eigenvalue weighted by molar-refractivity contribution is 6.31. The number of nitrogens with two attached hydrogens (primary N) is 1. The van der Waals surface area contributed by atoms with E-state index in [2.05, 4.69) is 12.1 Å². The molecule has 0 bridgehead atoms. The molecular weight excluding hydrogens is 354 g/mol. The van der Waals surface area contributed by atoms with Crippen LogP contribution in [0.15, 0.2) is 42.5 Å². The van der Waals surface area contributed by atoms with Crippen molar-refractivity contribution in [2.75, 3.05) is 6.61 Å². The van der Waals surface area contributed by atoms with Crippen molar-refractivity contribution in [2.24, 2.45) is 5.73 Å². The lowest BCUT2D eigenvalue weighted by atomic mass is 9.89. The standard InChI is InChI=1S/C20H24ClNO4/c1-11-2-4-12(5-3-11)8-14-9-13(6-7-15(14)21)20-19(25)17(22)18(24)16(10-23)26-20/h2-7,9,16-20,23-25H,8,10,22H2,1H3. The van der Waals surface area contributed by atoms with Crippen LogP contribution in [0.2, 0.25) is 5.02 Å². The summed E-state index contributed by atoms with van der Waals surface area (Å²) < 4.78 is 5.70. The Bertz CT molecular complexity index is 750. The Kier molecular flexibility index (Phi) is 5.97. The summed E-state index contributed by atoms with van der Waals surface area (Å²) in [6.45, 7) is 1.66. The number of ether oxygens (including phenoxy) is 1. The van der Waals surface area contributed by atoms with Gasteiger partial charge in [0.05, 0.1) is 12.6 Å². The zero-order valence-electron chi connectivity index (χ0n) is 14.5. The topological polar surface area (TPSA) is 95.9 Å². The molecule has 0 amide bonds. The van der Waals surface area contributed by atoms with Gasteiger partial charge in [0.15, 0.2) is 0 Å². The van der Waals surface area contributed by atoms with E-state index in [-0.39, 0.29) is 6.61 Å². The lowest BCUT2D eigenvalue weighted by Crippen LogP contribution is -2.59. The molecule has 2 aromatic rings. The summed E-state index contributed by atoms with van der Waals surface area (Å²) in [5, 5.41) is 30.5. The average Bonchev–Trinajstić information content (AvgIpc) is 2.64. The molecule has 1 heterocycles. The Morgan fingerprint density at radius 3 is 2.42 bits per heavy atom. The average molecular weight is 378 g/mol. The molecule has 3 rings (SSSR count). The summed E-state index contributed by atoms with van der Waals surface area (Å²) in [6.07, 6.45) is -3.13. The molecule has 26 heavy (non-hydrogen) atoms. The maximum absolute atomic E-state index is 10.4. The maximum atomic E-state index is 10.4. The first kappa shape index (κ1) is 19.3. The lowest BCUT2D eigenvalue weighted by molar-refractivity contribution is -0.191. The van der Waals surface area contributed by atoms with Crippen LogP contribution in [0.5, 0.6) is 0 Å². The first-order valence-electron chi connectivity index (χ1n) is 8.62. The summed E-state index contributed by atoms with van der Waals surface area (Å²) in [5.41, 5.74) is 9.84. The molecule has 0 aliphatic carbocycles. The third kappa shape index (κ3) is 3.93. The fraction of sp³-hybridized carbons (Fsp3) is 0.400. The van der Waals surface area contributed by atoms with E-state index in [1.54, 1.807) is 12.1 Å². The van der Waals surface area contributed by atoms with Gasteiger partial charge in [-0.3, -0.25) is 0 Å². The predicted octanol–water partition coefficient (Wildman–Crippen LogP) is 1.72. The fourth-order valence-electron chi connectivity index (χ4n) is 3.26. The van der Waals surface area contributed by atoms with E-state index in [9.17, 15) is 15.3 Å². The van der Waals surface area contributed by atoms with Crippen LogP contribution in [-0.4, -0.2) is 46.3 Å². The fourth-order valence-corrected chi connectivity index (χ4v) is 3.45. The smallest absolute Gasteiger partial charge is 0.111 e. The molecule has 1 aliphatic heterocycles. The van der Waals surface area contributed by atoms with Gasteiger partial charge in [-0.25, -0.2) is 0 Å². The second-order valence-electron chi connectivity index (χ2n) is 6.85. The number of aliphatic hydroxyl groups excluding tert-OH is 3. The number of rotatable bonds is 4. The van der Waals surface area contributed by atoms with Crippen LogP contribution in [0, 0.1) is 6.92 Å². The summed E-state index contributed by atoms with van der Waals surface area (Å²) in [4.78, 5) is 0. The summed E-state index contributed by atoms with van der Waals surface area (Å²) in [5.74, 6) is 0. The van der Waals surface area contributed by atoms with Crippen LogP contribution in [0.1, 0.15) is 28.4 Å². The van der Waals surface area contributed by atoms with Crippen molar-refractivity contribution in [2.45, 2.75) is 43.8 Å². The van der Waals surface area contributed by atoms with Crippen LogP contribution in [-0.2, 0) is 11.2 Å². The summed E-state index contributed by atoms with van der Waals surface area (Å²) in [7, 11) is 0. The van der Waals surface area contributed by atoms with E-state index in [0.29, 0.717) is 17.0 Å². The summed E-state index contributed by atoms with van der Waals surface area (Å²) in [6, 6.07) is 12.7. The summed E-state index contributed by atoms with van der Waals surface area (Å²) >= 11 is 6.35. The number of hydrogen-bond donors (Lipinski definition) is 4. The van der Waals surface area contributed by atoms with Gasteiger partial charge in [0.2, 0.25) is 0 Å². The van der Waals surface area contributed by atoms with E-state index in [1.807, 2.05) is 25.1 Å². The van der Waals surface area contributed by atoms with Crippen molar-refractivity contribution in [3.8, 4) is 0 Å². The molecule has 5 nitrogen and oxygen atoms in total. The molecule has 1 aliphatic rings. The molecule has 1 saturated heterocycles. The van der Waals surface area contributed by atoms with Gasteiger partial charge >= 0.3 is 0 Å². The number of hydrogen-bond acceptors (Lipinski definition) is 5. The quantitative estimate of drug-likeness (QED) is 0.650. The molecule has 0 aromatic heterocycles. The van der Waals surface area contributed by atoms with E-state index in [4.69, 9.17) is 22.1 Å². The lowest BCUT2D eigenvalue weighted by Gasteiger charge is -2.41. The van der Waals surface area contributed by atoms with Crippen LogP contribution >= 0.6 is 11.6 Å². The first-order chi connectivity index (χ1) is 12.4. The molecule has 2 aromatic carbocycles. The van der Waals surface area contributed by atoms with E-state index in [1.165, 1.54) is 5.56 Å². The van der Waals surface area contributed by atoms with E-state index in [0.717, 1.165) is 11.1 Å². The zero-order valence-corrected chi connectivity index (χ0v) is 15.3. The Hall–Kier alpha value is -1.47. The van der Waals surface area contributed by atoms with Crippen molar-refractivity contribution in [1.29, 1.82) is 0 Å². The number of aliphatic hydroxyl groups is 3. The molecule has 0 radical (unpaired) electrons. The Morgan fingerprint density at radius 1 is 1.08 bits per heavy atom. The molecule has 1 fully saturated rings. The van der Waals surface area contributed by atoms with Crippen LogP contribution in [0.3, 0.4) is 0 Å². The largest absolute Gasteiger partial charge is 0.394 e. The van der Waals surface area contributed by atoms with Crippen molar-refractivity contribution in [3.63, 3.8) is 0 Å². The Morgan fingerprint density at radius 2 is 1.77 bits per heavy atom. The van der Waals surface area contributed by atoms with Crippen molar-refractivity contribution >= 4 is 11.6 Å². The van der Waals surface area contributed by atoms with Crippen LogP contribution in [0.25, 0.3) is 0 Å². The van der Waals surface area contributed by atoms with Gasteiger partial charge < -0.3 is 25.8 Å². The van der Waals surface area contributed by atoms with E-state index < -0.39 is 30.5 Å². The number of aryl methyl sites for hydroxylation is 1. The van der Waals surface area contributed by atoms with Crippen molar-refractivity contribution in [1.82, 2.24) is 0 Å². The Balaban J connectivity index is 1.87. The minimum Gasteiger partial charge on any atom is -0.394 e. The maximum Gasteiger partial charge on any atom is 0.111 e. The monoisotopic (exact) mass is 377 g/mol. The van der Waals surface area contributed by atoms with Gasteiger partial charge in [0.1, 0.15) is 24.4 Å². The normalized spacial score (nSPS) is 28.9. The number of halogens is 1.